The van der Waals surface area contributed by atoms with E-state index in [9.17, 15) is 0 Å². The summed E-state index contributed by atoms with van der Waals surface area (Å²) in [6.07, 6.45) is 4.33. The van der Waals surface area contributed by atoms with Gasteiger partial charge >= 0.3 is 0 Å². The van der Waals surface area contributed by atoms with Crippen LogP contribution in [0.5, 0.6) is 11.5 Å². The van der Waals surface area contributed by atoms with Gasteiger partial charge in [0.2, 0.25) is 0 Å². The van der Waals surface area contributed by atoms with Crippen molar-refractivity contribution in [3.05, 3.63) is 192 Å². The summed E-state index contributed by atoms with van der Waals surface area (Å²) < 4.78 is 9.55. The number of nitrogens with zero attached hydrogens (tertiary/aromatic N) is 4. The Kier molecular flexibility index (Phi) is 11.5. The highest BCUT2D eigenvalue weighted by molar-refractivity contribution is 6.11. The minimum atomic E-state index is -0.319. The van der Waals surface area contributed by atoms with Gasteiger partial charge in [0, 0.05) is 57.8 Å². The van der Waals surface area contributed by atoms with Gasteiger partial charge in [-0.2, -0.15) is 0 Å². The normalized spacial score (nSPS) is 14.0. The highest BCUT2D eigenvalue weighted by Crippen LogP contribution is 2.46. The van der Waals surface area contributed by atoms with E-state index in [2.05, 4.69) is 263 Å². The van der Waals surface area contributed by atoms with Crippen LogP contribution in [-0.4, -0.2) is 16.2 Å². The second-order valence-corrected chi connectivity index (χ2v) is 23.6. The van der Waals surface area contributed by atoms with Crippen LogP contribution in [0.2, 0.25) is 0 Å². The minimum absolute atomic E-state index is 0.0295. The molecule has 0 radical (unpaired) electrons. The zero-order valence-electron chi connectivity index (χ0n) is 42.9. The van der Waals surface area contributed by atoms with Crippen molar-refractivity contribution in [1.29, 1.82) is 0 Å². The van der Waals surface area contributed by atoms with E-state index in [1.165, 1.54) is 61.1 Å². The Bertz CT molecular complexity index is 3180. The maximum absolute atomic E-state index is 7.22. The molecule has 9 rings (SSSR count). The van der Waals surface area contributed by atoms with Crippen LogP contribution in [-0.2, 0) is 27.1 Å². The molecule has 0 unspecified atom stereocenters. The van der Waals surface area contributed by atoms with Crippen molar-refractivity contribution in [2.75, 3.05) is 16.5 Å². The van der Waals surface area contributed by atoms with Gasteiger partial charge in [-0.05, 0) is 109 Å². The standard InChI is InChI=1S/C63H70N4O/c1-59(2,3)45-29-30-64-57(36-45)67-54-28-22-21-27-52(54)58-53(62(10,11)12)38-51(39-55(58)67)68-50-35-47(61(7,8)9)33-48(37-50)65-40-56(63(13,14)44-25-19-16-20-26-44)66(41-65)49-32-43(42-23-17-15-18-24-42)31-46(34-49)60(4,5)6/h15-40H,41H2,1-14H3. The largest absolute Gasteiger partial charge is 0.457 e. The van der Waals surface area contributed by atoms with Gasteiger partial charge in [-0.25, -0.2) is 4.98 Å². The Hall–Kier alpha value is -6.59. The third-order valence-electron chi connectivity index (χ3n) is 13.9. The fraction of sp³-hybridized carbons (Fsp3) is 0.317. The molecule has 1 aliphatic rings. The number of ether oxygens (including phenoxy) is 1. The molecule has 0 fully saturated rings. The fourth-order valence-corrected chi connectivity index (χ4v) is 9.71. The summed E-state index contributed by atoms with van der Waals surface area (Å²) in [7, 11) is 0. The Balaban J connectivity index is 1.20. The number of anilines is 2. The van der Waals surface area contributed by atoms with Gasteiger partial charge in [-0.3, -0.25) is 4.57 Å². The lowest BCUT2D eigenvalue weighted by Crippen LogP contribution is -2.34. The summed E-state index contributed by atoms with van der Waals surface area (Å²) in [6.45, 7) is 32.8. The van der Waals surface area contributed by atoms with E-state index in [4.69, 9.17) is 9.72 Å². The number of para-hydroxylation sites is 1. The third kappa shape index (κ3) is 8.96. The highest BCUT2D eigenvalue weighted by atomic mass is 16.5. The molecule has 5 heteroatoms. The molecule has 0 atom stereocenters. The van der Waals surface area contributed by atoms with Crippen LogP contribution in [0.1, 0.15) is 125 Å². The van der Waals surface area contributed by atoms with Crippen molar-refractivity contribution in [2.24, 2.45) is 0 Å². The molecule has 0 bridgehead atoms. The second-order valence-electron chi connectivity index (χ2n) is 23.6. The van der Waals surface area contributed by atoms with Crippen LogP contribution in [0, 0.1) is 0 Å². The van der Waals surface area contributed by atoms with Gasteiger partial charge in [-0.1, -0.05) is 182 Å². The van der Waals surface area contributed by atoms with Gasteiger partial charge in [-0.15, -0.1) is 0 Å². The summed E-state index contributed by atoms with van der Waals surface area (Å²) in [6, 6.07) is 53.3. The Morgan fingerprint density at radius 3 is 1.74 bits per heavy atom. The molecule has 68 heavy (non-hydrogen) atoms. The topological polar surface area (TPSA) is 33.5 Å². The van der Waals surface area contributed by atoms with E-state index in [1.807, 2.05) is 6.20 Å². The predicted octanol–water partition coefficient (Wildman–Crippen LogP) is 16.9. The average Bonchev–Trinajstić information content (AvgIpc) is 3.89. The van der Waals surface area contributed by atoms with Crippen molar-refractivity contribution < 1.29 is 4.74 Å². The van der Waals surface area contributed by atoms with Crippen molar-refractivity contribution >= 4 is 33.2 Å². The van der Waals surface area contributed by atoms with E-state index in [1.54, 1.807) is 0 Å². The van der Waals surface area contributed by atoms with Gasteiger partial charge in [0.25, 0.3) is 0 Å². The SMILES string of the molecule is CC(C)(C)c1cc(Oc2cc(C(C)(C)C)c3c4ccccc4n(-c4cc(C(C)(C)C)ccn4)c3c2)cc(N2C=C(C(C)(C)c3ccccc3)N(c3cc(-c4ccccc4)cc(C(C)(C)C)c3)C2)c1. The van der Waals surface area contributed by atoms with E-state index in [-0.39, 0.29) is 27.1 Å². The lowest BCUT2D eigenvalue weighted by molar-refractivity contribution is 0.476. The first kappa shape index (κ1) is 46.5. The van der Waals surface area contributed by atoms with Gasteiger partial charge < -0.3 is 14.5 Å². The molecule has 0 aliphatic carbocycles. The first-order valence-electron chi connectivity index (χ1n) is 24.4. The number of hydrogen-bond donors (Lipinski definition) is 0. The molecular formula is C63H70N4O. The fourth-order valence-electron chi connectivity index (χ4n) is 9.71. The van der Waals surface area contributed by atoms with E-state index < -0.39 is 0 Å². The molecule has 0 spiro atoms. The molecule has 3 heterocycles. The third-order valence-corrected chi connectivity index (χ3v) is 13.9. The van der Waals surface area contributed by atoms with Crippen LogP contribution in [0.3, 0.4) is 0 Å². The quantitative estimate of drug-likeness (QED) is 0.152. The molecule has 0 amide bonds. The number of hydrogen-bond acceptors (Lipinski definition) is 4. The molecule has 5 nitrogen and oxygen atoms in total. The summed E-state index contributed by atoms with van der Waals surface area (Å²) in [5, 5.41) is 2.44. The molecule has 8 aromatic rings. The Morgan fingerprint density at radius 2 is 1.07 bits per heavy atom. The first-order chi connectivity index (χ1) is 32.0. The van der Waals surface area contributed by atoms with Crippen LogP contribution in [0.4, 0.5) is 11.4 Å². The van der Waals surface area contributed by atoms with Gasteiger partial charge in [0.1, 0.15) is 17.3 Å². The van der Waals surface area contributed by atoms with Gasteiger partial charge in [0.15, 0.2) is 0 Å². The number of aromatic nitrogens is 2. The number of fused-ring (bicyclic) bond motifs is 3. The number of benzene rings is 6. The lowest BCUT2D eigenvalue weighted by atomic mass is 9.80. The zero-order chi connectivity index (χ0) is 48.6. The molecular weight excluding hydrogens is 829 g/mol. The van der Waals surface area contributed by atoms with Gasteiger partial charge in [0.05, 0.1) is 17.7 Å². The summed E-state index contributed by atoms with van der Waals surface area (Å²) in [5.74, 6) is 2.51. The van der Waals surface area contributed by atoms with Crippen LogP contribution in [0.25, 0.3) is 38.8 Å². The number of allylic oxidation sites excluding steroid dienone is 1. The molecule has 348 valence electrons. The average molecular weight is 899 g/mol. The number of pyridine rings is 1. The smallest absolute Gasteiger partial charge is 0.137 e. The summed E-state index contributed by atoms with van der Waals surface area (Å²) in [4.78, 5) is 9.96. The Morgan fingerprint density at radius 1 is 0.471 bits per heavy atom. The van der Waals surface area contributed by atoms with Crippen molar-refractivity contribution in [1.82, 2.24) is 9.55 Å². The zero-order valence-corrected chi connectivity index (χ0v) is 42.9. The summed E-state index contributed by atoms with van der Waals surface area (Å²) in [5.41, 5.74) is 13.7. The predicted molar refractivity (Wildman–Crippen MR) is 289 cm³/mol. The maximum atomic E-state index is 7.22. The van der Waals surface area contributed by atoms with E-state index in [0.29, 0.717) is 6.67 Å². The minimum Gasteiger partial charge on any atom is -0.457 e. The molecule has 0 saturated heterocycles. The maximum Gasteiger partial charge on any atom is 0.137 e. The van der Waals surface area contributed by atoms with Crippen LogP contribution < -0.4 is 14.5 Å². The second kappa shape index (κ2) is 16.9. The van der Waals surface area contributed by atoms with Crippen molar-refractivity contribution in [3.8, 4) is 28.4 Å². The molecule has 1 aliphatic heterocycles. The Labute approximate surface area is 406 Å². The monoisotopic (exact) mass is 899 g/mol. The molecule has 0 N–H and O–H groups in total. The molecule has 6 aromatic carbocycles. The number of rotatable bonds is 8. The van der Waals surface area contributed by atoms with Crippen molar-refractivity contribution in [2.45, 2.75) is 124 Å². The molecule has 0 saturated carbocycles. The van der Waals surface area contributed by atoms with Crippen LogP contribution >= 0.6 is 0 Å². The van der Waals surface area contributed by atoms with E-state index >= 15 is 0 Å². The van der Waals surface area contributed by atoms with Crippen molar-refractivity contribution in [3.63, 3.8) is 0 Å². The molecule has 2 aromatic heterocycles. The highest BCUT2D eigenvalue weighted by Gasteiger charge is 2.37. The van der Waals surface area contributed by atoms with Crippen LogP contribution in [0.15, 0.2) is 164 Å². The van der Waals surface area contributed by atoms with E-state index in [0.717, 1.165) is 34.0 Å². The summed E-state index contributed by atoms with van der Waals surface area (Å²) >= 11 is 0. The lowest BCUT2D eigenvalue weighted by Gasteiger charge is -2.35. The first-order valence-corrected chi connectivity index (χ1v) is 24.4.